The Balaban J connectivity index is 1.84. The van der Waals surface area contributed by atoms with Crippen molar-refractivity contribution in [1.29, 1.82) is 0 Å². The number of carbonyl (C=O) groups is 2. The molecule has 3 unspecified atom stereocenters. The molecule has 1 saturated heterocycles. The molecule has 5 nitrogen and oxygen atoms in total. The lowest BCUT2D eigenvalue weighted by Gasteiger charge is -2.33. The number of hydrogen-bond donors (Lipinski definition) is 1. The topological polar surface area (TPSA) is 66.8 Å². The molecular weight excluding hydrogens is 306 g/mol. The highest BCUT2D eigenvalue weighted by molar-refractivity contribution is 5.86. The Morgan fingerprint density at radius 1 is 1.29 bits per heavy atom. The van der Waals surface area contributed by atoms with Gasteiger partial charge in [0.15, 0.2) is 0 Å². The van der Waals surface area contributed by atoms with E-state index in [1.54, 1.807) is 12.0 Å². The molecule has 0 bridgehead atoms. The molecule has 0 aromatic heterocycles. The summed E-state index contributed by atoms with van der Waals surface area (Å²) in [5, 5.41) is 9.57. The molecule has 1 aliphatic carbocycles. The van der Waals surface area contributed by atoms with Crippen molar-refractivity contribution in [3.63, 3.8) is 0 Å². The summed E-state index contributed by atoms with van der Waals surface area (Å²) in [4.78, 5) is 26.3. The van der Waals surface area contributed by atoms with Gasteiger partial charge in [0.2, 0.25) is 5.91 Å². The molecule has 1 aromatic carbocycles. The smallest absolute Gasteiger partial charge is 0.326 e. The average molecular weight is 331 g/mol. The fourth-order valence-corrected chi connectivity index (χ4v) is 4.34. The Morgan fingerprint density at radius 3 is 2.75 bits per heavy atom. The maximum atomic E-state index is 13.0. The summed E-state index contributed by atoms with van der Waals surface area (Å²) in [6.07, 6.45) is 4.96. The van der Waals surface area contributed by atoms with E-state index >= 15 is 0 Å². The van der Waals surface area contributed by atoms with Gasteiger partial charge in [0, 0.05) is 11.6 Å². The molecule has 5 heteroatoms. The van der Waals surface area contributed by atoms with Crippen LogP contribution in [0, 0.1) is 12.8 Å². The van der Waals surface area contributed by atoms with Crippen molar-refractivity contribution in [3.05, 3.63) is 29.3 Å². The van der Waals surface area contributed by atoms with Crippen LogP contribution in [0.3, 0.4) is 0 Å². The molecule has 1 aliphatic heterocycles. The number of amides is 1. The lowest BCUT2D eigenvalue weighted by Crippen LogP contribution is -2.46. The van der Waals surface area contributed by atoms with Gasteiger partial charge in [-0.05, 0) is 38.2 Å². The van der Waals surface area contributed by atoms with Gasteiger partial charge < -0.3 is 14.7 Å². The fourth-order valence-electron chi connectivity index (χ4n) is 4.34. The molecule has 0 radical (unpaired) electrons. The Labute approximate surface area is 142 Å². The first-order valence-electron chi connectivity index (χ1n) is 8.68. The molecule has 2 aliphatic rings. The number of likely N-dealkylation sites (tertiary alicyclic amines) is 1. The summed E-state index contributed by atoms with van der Waals surface area (Å²) in [5.41, 5.74) is 1.89. The summed E-state index contributed by atoms with van der Waals surface area (Å²) < 4.78 is 5.36. The maximum Gasteiger partial charge on any atom is 0.326 e. The first-order valence-corrected chi connectivity index (χ1v) is 8.68. The Bertz CT molecular complexity index is 642. The minimum Gasteiger partial charge on any atom is -0.496 e. The number of carboxylic acid groups (broad SMARTS) is 1. The number of ether oxygens (including phenoxy) is 1. The number of hydrogen-bond acceptors (Lipinski definition) is 3. The number of aliphatic carboxylic acids is 1. The van der Waals surface area contributed by atoms with Gasteiger partial charge in [0.25, 0.3) is 0 Å². The van der Waals surface area contributed by atoms with E-state index in [1.807, 2.05) is 25.1 Å². The second-order valence-corrected chi connectivity index (χ2v) is 6.99. The normalized spacial score (nSPS) is 26.1. The van der Waals surface area contributed by atoms with Gasteiger partial charge in [0.1, 0.15) is 11.8 Å². The largest absolute Gasteiger partial charge is 0.496 e. The Morgan fingerprint density at radius 2 is 2.04 bits per heavy atom. The highest BCUT2D eigenvalue weighted by atomic mass is 16.5. The maximum absolute atomic E-state index is 13.0. The van der Waals surface area contributed by atoms with E-state index in [0.29, 0.717) is 18.1 Å². The van der Waals surface area contributed by atoms with E-state index < -0.39 is 12.0 Å². The van der Waals surface area contributed by atoms with Crippen molar-refractivity contribution in [2.75, 3.05) is 7.11 Å². The van der Waals surface area contributed by atoms with Crippen molar-refractivity contribution < 1.29 is 19.4 Å². The third kappa shape index (κ3) is 3.12. The zero-order valence-corrected chi connectivity index (χ0v) is 14.3. The predicted octanol–water partition coefficient (Wildman–Crippen LogP) is 2.79. The quantitative estimate of drug-likeness (QED) is 0.921. The first kappa shape index (κ1) is 16.8. The third-order valence-electron chi connectivity index (χ3n) is 5.44. The van der Waals surface area contributed by atoms with Gasteiger partial charge in [-0.1, -0.05) is 30.5 Å². The SMILES string of the molecule is COc1ccc(C)cc1CC(=O)N1C(C(=O)O)CC2CCCCC21. The van der Waals surface area contributed by atoms with E-state index in [1.165, 1.54) is 0 Å². The number of aryl methyl sites for hydroxylation is 1. The lowest BCUT2D eigenvalue weighted by atomic mass is 9.84. The number of carbonyl (C=O) groups excluding carboxylic acids is 1. The highest BCUT2D eigenvalue weighted by Gasteiger charge is 2.47. The summed E-state index contributed by atoms with van der Waals surface area (Å²) in [6, 6.07) is 5.16. The molecule has 3 atom stereocenters. The molecule has 24 heavy (non-hydrogen) atoms. The van der Waals surface area contributed by atoms with E-state index in [2.05, 4.69) is 0 Å². The first-order chi connectivity index (χ1) is 11.5. The molecule has 1 saturated carbocycles. The number of fused-ring (bicyclic) bond motifs is 1. The summed E-state index contributed by atoms with van der Waals surface area (Å²) in [7, 11) is 1.59. The molecule has 1 heterocycles. The highest BCUT2D eigenvalue weighted by Crippen LogP contribution is 2.40. The second-order valence-electron chi connectivity index (χ2n) is 6.99. The standard InChI is InChI=1S/C19H25NO4/c1-12-7-8-17(24-2)14(9-12)11-18(21)20-15-6-4-3-5-13(15)10-16(20)19(22)23/h7-9,13,15-16H,3-6,10-11H2,1-2H3,(H,22,23). The molecule has 1 amide bonds. The van der Waals surface area contributed by atoms with E-state index in [9.17, 15) is 14.7 Å². The van der Waals surface area contributed by atoms with Crippen LogP contribution < -0.4 is 4.74 Å². The van der Waals surface area contributed by atoms with Gasteiger partial charge in [-0.3, -0.25) is 4.79 Å². The molecule has 0 spiro atoms. The number of benzene rings is 1. The average Bonchev–Trinajstić information content (AvgIpc) is 2.95. The lowest BCUT2D eigenvalue weighted by molar-refractivity contribution is -0.149. The van der Waals surface area contributed by atoms with Crippen LogP contribution in [-0.2, 0) is 16.0 Å². The van der Waals surface area contributed by atoms with Crippen LogP contribution >= 0.6 is 0 Å². The van der Waals surface area contributed by atoms with Crippen molar-refractivity contribution in [2.45, 2.75) is 57.5 Å². The van der Waals surface area contributed by atoms with Crippen LogP contribution in [0.1, 0.15) is 43.2 Å². The van der Waals surface area contributed by atoms with Crippen LogP contribution in [-0.4, -0.2) is 41.1 Å². The van der Waals surface area contributed by atoms with Gasteiger partial charge in [-0.15, -0.1) is 0 Å². The van der Waals surface area contributed by atoms with Crippen LogP contribution in [0.2, 0.25) is 0 Å². The van der Waals surface area contributed by atoms with Crippen molar-refractivity contribution in [1.82, 2.24) is 4.90 Å². The van der Waals surface area contributed by atoms with Crippen LogP contribution in [0.4, 0.5) is 0 Å². The summed E-state index contributed by atoms with van der Waals surface area (Å²) >= 11 is 0. The third-order valence-corrected chi connectivity index (χ3v) is 5.44. The molecule has 130 valence electrons. The van der Waals surface area contributed by atoms with Crippen molar-refractivity contribution >= 4 is 11.9 Å². The number of methoxy groups -OCH3 is 1. The Kier molecular flexibility index (Phi) is 4.78. The minimum absolute atomic E-state index is 0.0863. The van der Waals surface area contributed by atoms with Gasteiger partial charge in [-0.2, -0.15) is 0 Å². The van der Waals surface area contributed by atoms with E-state index in [0.717, 1.165) is 36.8 Å². The van der Waals surface area contributed by atoms with Gasteiger partial charge in [-0.25, -0.2) is 4.79 Å². The number of nitrogens with zero attached hydrogens (tertiary/aromatic N) is 1. The van der Waals surface area contributed by atoms with Crippen molar-refractivity contribution in [2.24, 2.45) is 5.92 Å². The number of carboxylic acids is 1. The molecule has 3 rings (SSSR count). The van der Waals surface area contributed by atoms with Crippen LogP contribution in [0.15, 0.2) is 18.2 Å². The van der Waals surface area contributed by atoms with Gasteiger partial charge >= 0.3 is 5.97 Å². The fraction of sp³-hybridized carbons (Fsp3) is 0.579. The number of rotatable bonds is 4. The molecular formula is C19H25NO4. The van der Waals surface area contributed by atoms with Crippen molar-refractivity contribution in [3.8, 4) is 5.75 Å². The van der Waals surface area contributed by atoms with Gasteiger partial charge in [0.05, 0.1) is 13.5 Å². The summed E-state index contributed by atoms with van der Waals surface area (Å²) in [5.74, 6) is 0.0399. The van der Waals surface area contributed by atoms with E-state index in [-0.39, 0.29) is 18.4 Å². The summed E-state index contributed by atoms with van der Waals surface area (Å²) in [6.45, 7) is 1.97. The van der Waals surface area contributed by atoms with Crippen LogP contribution in [0.25, 0.3) is 0 Å². The zero-order chi connectivity index (χ0) is 17.3. The molecule has 2 fully saturated rings. The van der Waals surface area contributed by atoms with Crippen LogP contribution in [0.5, 0.6) is 5.75 Å². The molecule has 1 aromatic rings. The Hall–Kier alpha value is -2.04. The second kappa shape index (κ2) is 6.83. The van der Waals surface area contributed by atoms with E-state index in [4.69, 9.17) is 4.74 Å². The predicted molar refractivity (Wildman–Crippen MR) is 90.1 cm³/mol. The molecule has 1 N–H and O–H groups in total. The minimum atomic E-state index is -0.881. The monoisotopic (exact) mass is 331 g/mol. The zero-order valence-electron chi connectivity index (χ0n) is 14.3.